The summed E-state index contributed by atoms with van der Waals surface area (Å²) in [6.45, 7) is 3.07. The zero-order chi connectivity index (χ0) is 22.2. The Hall–Kier alpha value is -2.30. The van der Waals surface area contributed by atoms with Crippen molar-refractivity contribution in [2.24, 2.45) is 10.9 Å². The molecule has 176 valence electrons. The van der Waals surface area contributed by atoms with Gasteiger partial charge in [-0.1, -0.05) is 6.07 Å². The second kappa shape index (κ2) is 12.7. The molecule has 0 spiro atoms. The molecule has 2 N–H and O–H groups in total. The Morgan fingerprint density at radius 2 is 2.12 bits per heavy atom. The van der Waals surface area contributed by atoms with Crippen LogP contribution >= 0.6 is 24.0 Å². The lowest BCUT2D eigenvalue weighted by atomic mass is 10.1. The van der Waals surface area contributed by atoms with Crippen molar-refractivity contribution in [3.8, 4) is 5.75 Å². The fraction of sp³-hybridized carbons (Fsp3) is 0.478. The number of hydrogen-bond acceptors (Lipinski definition) is 4. The third-order valence-electron chi connectivity index (χ3n) is 5.10. The summed E-state index contributed by atoms with van der Waals surface area (Å²) in [5.74, 6) is 1.69. The Kier molecular flexibility index (Phi) is 10.3. The zero-order valence-corrected chi connectivity index (χ0v) is 21.1. The smallest absolute Gasteiger partial charge is 0.243 e. The highest BCUT2D eigenvalue weighted by atomic mass is 127. The van der Waals surface area contributed by atoms with Crippen molar-refractivity contribution in [2.45, 2.75) is 32.2 Å². The minimum atomic E-state index is -0.376. The molecule has 32 heavy (non-hydrogen) atoms. The van der Waals surface area contributed by atoms with Gasteiger partial charge in [0.05, 0.1) is 18.9 Å². The molecule has 0 radical (unpaired) electrons. The summed E-state index contributed by atoms with van der Waals surface area (Å²) in [6, 6.07) is 8.50. The largest absolute Gasteiger partial charge is 0.490 e. The molecule has 1 heterocycles. The molecule has 0 aliphatic heterocycles. The second-order valence-corrected chi connectivity index (χ2v) is 8.02. The number of guanidine groups is 1. The summed E-state index contributed by atoms with van der Waals surface area (Å²) < 4.78 is 25.4. The zero-order valence-electron chi connectivity index (χ0n) is 18.8. The average molecular weight is 558 g/mol. The van der Waals surface area contributed by atoms with Crippen molar-refractivity contribution in [2.75, 3.05) is 33.8 Å². The van der Waals surface area contributed by atoms with Gasteiger partial charge in [-0.15, -0.1) is 24.0 Å². The molecule has 7 nitrogen and oxygen atoms in total. The van der Waals surface area contributed by atoms with Crippen LogP contribution in [0.1, 0.15) is 37.1 Å². The van der Waals surface area contributed by atoms with Crippen LogP contribution in [0.25, 0.3) is 0 Å². The van der Waals surface area contributed by atoms with Crippen molar-refractivity contribution < 1.29 is 18.3 Å². The maximum Gasteiger partial charge on any atom is 0.243 e. The van der Waals surface area contributed by atoms with Gasteiger partial charge >= 0.3 is 0 Å². The predicted molar refractivity (Wildman–Crippen MR) is 133 cm³/mol. The number of benzene rings is 1. The van der Waals surface area contributed by atoms with Gasteiger partial charge in [-0.25, -0.2) is 9.38 Å². The molecule has 0 saturated heterocycles. The molecular weight excluding hydrogens is 526 g/mol. The van der Waals surface area contributed by atoms with Crippen LogP contribution in [0.3, 0.4) is 0 Å². The number of halogens is 2. The van der Waals surface area contributed by atoms with Crippen LogP contribution in [0.15, 0.2) is 46.0 Å². The van der Waals surface area contributed by atoms with Gasteiger partial charge in [-0.2, -0.15) is 0 Å². The highest BCUT2D eigenvalue weighted by molar-refractivity contribution is 14.0. The topological polar surface area (TPSA) is 79.1 Å². The van der Waals surface area contributed by atoms with E-state index in [1.165, 1.54) is 11.0 Å². The molecule has 1 aromatic carbocycles. The first-order valence-electron chi connectivity index (χ1n) is 10.6. The molecule has 1 amide bonds. The van der Waals surface area contributed by atoms with Gasteiger partial charge in [0.2, 0.25) is 5.91 Å². The third kappa shape index (κ3) is 8.33. The lowest BCUT2D eigenvalue weighted by Crippen LogP contribution is -2.40. The lowest BCUT2D eigenvalue weighted by molar-refractivity contribution is -0.127. The fourth-order valence-electron chi connectivity index (χ4n) is 2.88. The normalized spacial score (nSPS) is 14.3. The van der Waals surface area contributed by atoms with Crippen molar-refractivity contribution >= 4 is 35.8 Å². The SMILES string of the molecule is CC(NC(=NCC(=O)N(C)C)NCCc1ccco1)c1ccc(OCC2CC2)c(F)c1.I. The summed E-state index contributed by atoms with van der Waals surface area (Å²) in [5.41, 5.74) is 0.760. The Morgan fingerprint density at radius 3 is 2.75 bits per heavy atom. The maximum atomic E-state index is 14.5. The van der Waals surface area contributed by atoms with E-state index in [-0.39, 0.29) is 54.0 Å². The molecular formula is C23H32FIN4O3. The number of carbonyl (C=O) groups is 1. The first-order chi connectivity index (χ1) is 14.9. The molecule has 3 rings (SSSR count). The van der Waals surface area contributed by atoms with Gasteiger partial charge in [0.25, 0.3) is 0 Å². The van der Waals surface area contributed by atoms with E-state index in [4.69, 9.17) is 9.15 Å². The van der Waals surface area contributed by atoms with E-state index in [0.29, 0.717) is 31.4 Å². The summed E-state index contributed by atoms with van der Waals surface area (Å²) in [4.78, 5) is 17.8. The molecule has 1 aromatic heterocycles. The summed E-state index contributed by atoms with van der Waals surface area (Å²) in [7, 11) is 3.38. The second-order valence-electron chi connectivity index (χ2n) is 8.02. The number of ether oxygens (including phenoxy) is 1. The Labute approximate surface area is 205 Å². The number of nitrogens with zero attached hydrogens (tertiary/aromatic N) is 2. The number of carbonyl (C=O) groups excluding carboxylic acids is 1. The number of rotatable bonds is 10. The lowest BCUT2D eigenvalue weighted by Gasteiger charge is -2.19. The summed E-state index contributed by atoms with van der Waals surface area (Å²) in [6.07, 6.45) is 4.62. The number of aliphatic imine (C=N–C) groups is 1. The van der Waals surface area contributed by atoms with Crippen molar-refractivity contribution in [3.05, 3.63) is 53.7 Å². The van der Waals surface area contributed by atoms with E-state index < -0.39 is 0 Å². The van der Waals surface area contributed by atoms with Gasteiger partial charge < -0.3 is 24.7 Å². The minimum absolute atomic E-state index is 0. The van der Waals surface area contributed by atoms with Gasteiger partial charge in [-0.05, 0) is 55.5 Å². The maximum absolute atomic E-state index is 14.5. The van der Waals surface area contributed by atoms with E-state index in [1.54, 1.807) is 26.4 Å². The standard InChI is InChI=1S/C23H31FN4O3.HI/c1-16(18-8-9-21(20(24)13-18)31-15-17-6-7-17)27-23(26-14-22(29)28(2)3)25-11-10-19-5-4-12-30-19;/h4-5,8-9,12-13,16-17H,6-7,10-11,14-15H2,1-3H3,(H2,25,26,27);1H. The number of amides is 1. The number of hydrogen-bond donors (Lipinski definition) is 2. The van der Waals surface area contributed by atoms with Crippen molar-refractivity contribution in [3.63, 3.8) is 0 Å². The van der Waals surface area contributed by atoms with Gasteiger partial charge in [0.15, 0.2) is 17.5 Å². The van der Waals surface area contributed by atoms with E-state index >= 15 is 0 Å². The molecule has 2 aromatic rings. The van der Waals surface area contributed by atoms with E-state index in [0.717, 1.165) is 24.2 Å². The highest BCUT2D eigenvalue weighted by Gasteiger charge is 2.22. The number of furan rings is 1. The minimum Gasteiger partial charge on any atom is -0.490 e. The van der Waals surface area contributed by atoms with E-state index in [1.807, 2.05) is 25.1 Å². The molecule has 1 saturated carbocycles. The molecule has 1 unspecified atom stereocenters. The molecule has 1 atom stereocenters. The first kappa shape index (κ1) is 26.0. The molecule has 1 aliphatic carbocycles. The summed E-state index contributed by atoms with van der Waals surface area (Å²) in [5, 5.41) is 6.45. The predicted octanol–water partition coefficient (Wildman–Crippen LogP) is 3.75. The monoisotopic (exact) mass is 558 g/mol. The van der Waals surface area contributed by atoms with Crippen molar-refractivity contribution in [1.82, 2.24) is 15.5 Å². The van der Waals surface area contributed by atoms with E-state index in [2.05, 4.69) is 15.6 Å². The van der Waals surface area contributed by atoms with Crippen LogP contribution in [0.4, 0.5) is 4.39 Å². The fourth-order valence-corrected chi connectivity index (χ4v) is 2.88. The molecule has 0 bridgehead atoms. The summed E-state index contributed by atoms with van der Waals surface area (Å²) >= 11 is 0. The van der Waals surface area contributed by atoms with Crippen LogP contribution in [-0.2, 0) is 11.2 Å². The van der Waals surface area contributed by atoms with E-state index in [9.17, 15) is 9.18 Å². The number of likely N-dealkylation sites (N-methyl/N-ethyl adjacent to an activating group) is 1. The van der Waals surface area contributed by atoms with Gasteiger partial charge in [0, 0.05) is 27.1 Å². The molecule has 9 heteroatoms. The quantitative estimate of drug-likeness (QED) is 0.264. The Morgan fingerprint density at radius 1 is 1.34 bits per heavy atom. The van der Waals surface area contributed by atoms with Crippen LogP contribution in [0.2, 0.25) is 0 Å². The van der Waals surface area contributed by atoms with Crippen molar-refractivity contribution in [1.29, 1.82) is 0 Å². The third-order valence-corrected chi connectivity index (χ3v) is 5.10. The Balaban J connectivity index is 0.00000363. The number of nitrogens with one attached hydrogen (secondary N) is 2. The van der Waals surface area contributed by atoms with Crippen LogP contribution in [-0.4, -0.2) is 50.6 Å². The first-order valence-corrected chi connectivity index (χ1v) is 10.6. The highest BCUT2D eigenvalue weighted by Crippen LogP contribution is 2.30. The van der Waals surface area contributed by atoms with Crippen LogP contribution in [0, 0.1) is 11.7 Å². The van der Waals surface area contributed by atoms with Crippen LogP contribution < -0.4 is 15.4 Å². The molecule has 1 fully saturated rings. The van der Waals surface area contributed by atoms with Gasteiger partial charge in [0.1, 0.15) is 12.3 Å². The Bertz CT molecular complexity index is 885. The molecule has 1 aliphatic rings. The van der Waals surface area contributed by atoms with Gasteiger partial charge in [-0.3, -0.25) is 4.79 Å². The average Bonchev–Trinajstić information content (AvgIpc) is 3.43. The van der Waals surface area contributed by atoms with Crippen LogP contribution in [0.5, 0.6) is 5.75 Å².